The van der Waals surface area contributed by atoms with E-state index in [1.807, 2.05) is 0 Å². The van der Waals surface area contributed by atoms with Crippen LogP contribution in [0.2, 0.25) is 0 Å². The molecule has 0 bridgehead atoms. The molecule has 1 N–H and O–H groups in total. The van der Waals surface area contributed by atoms with E-state index in [0.29, 0.717) is 16.8 Å². The van der Waals surface area contributed by atoms with Gasteiger partial charge in [-0.1, -0.05) is 36.4 Å². The highest BCUT2D eigenvalue weighted by molar-refractivity contribution is 6.03. The third kappa shape index (κ3) is 4.59. The third-order valence-electron chi connectivity index (χ3n) is 4.70. The van der Waals surface area contributed by atoms with Crippen LogP contribution in [0, 0.1) is 10.1 Å². The first-order chi connectivity index (χ1) is 15.9. The topological polar surface area (TPSA) is 133 Å². The number of carbonyl (C=O) groups excluding carboxylic acids is 2. The second kappa shape index (κ2) is 9.10. The summed E-state index contributed by atoms with van der Waals surface area (Å²) in [6.07, 6.45) is 0. The highest BCUT2D eigenvalue weighted by atomic mass is 16.6. The van der Waals surface area contributed by atoms with Crippen LogP contribution in [0.4, 0.5) is 11.4 Å². The summed E-state index contributed by atoms with van der Waals surface area (Å²) >= 11 is 0. The molecule has 0 unspecified atom stereocenters. The van der Waals surface area contributed by atoms with Gasteiger partial charge in [0, 0.05) is 23.2 Å². The van der Waals surface area contributed by atoms with E-state index in [2.05, 4.69) is 10.4 Å². The molecule has 0 saturated heterocycles. The van der Waals surface area contributed by atoms with Crippen LogP contribution in [0.1, 0.15) is 10.5 Å². The van der Waals surface area contributed by atoms with Crippen molar-refractivity contribution in [3.8, 4) is 5.69 Å². The van der Waals surface area contributed by atoms with Crippen LogP contribution < -0.4 is 10.9 Å². The molecule has 1 heterocycles. The highest BCUT2D eigenvalue weighted by Crippen LogP contribution is 2.17. The molecular weight excluding hydrogens is 428 g/mol. The van der Waals surface area contributed by atoms with Gasteiger partial charge in [0.2, 0.25) is 0 Å². The van der Waals surface area contributed by atoms with E-state index in [9.17, 15) is 24.5 Å². The van der Waals surface area contributed by atoms with E-state index >= 15 is 0 Å². The predicted octanol–water partition coefficient (Wildman–Crippen LogP) is 3.09. The van der Waals surface area contributed by atoms with Crippen molar-refractivity contribution in [1.82, 2.24) is 9.78 Å². The highest BCUT2D eigenvalue weighted by Gasteiger charge is 2.19. The standard InChI is InChI=1S/C23H16N4O6/c28-20(24-15-10-12-17(13-11-15)27(31)32)14-33-23(30)21-18-8-4-5-9-19(18)22(29)26(25-21)16-6-2-1-3-7-16/h1-13H,14H2,(H,24,28). The lowest BCUT2D eigenvalue weighted by Gasteiger charge is -2.11. The number of nitrogens with zero attached hydrogens (tertiary/aromatic N) is 3. The summed E-state index contributed by atoms with van der Waals surface area (Å²) < 4.78 is 6.23. The fourth-order valence-corrected chi connectivity index (χ4v) is 3.15. The summed E-state index contributed by atoms with van der Waals surface area (Å²) in [6.45, 7) is -0.615. The molecule has 0 fully saturated rings. The van der Waals surface area contributed by atoms with Crippen molar-refractivity contribution < 1.29 is 19.2 Å². The van der Waals surface area contributed by atoms with Crippen LogP contribution in [0.15, 0.2) is 83.7 Å². The number of anilines is 1. The molecule has 164 valence electrons. The van der Waals surface area contributed by atoms with E-state index in [4.69, 9.17) is 4.74 Å². The number of hydrogen-bond acceptors (Lipinski definition) is 7. The van der Waals surface area contributed by atoms with Crippen LogP contribution in [0.3, 0.4) is 0 Å². The molecule has 4 aromatic rings. The van der Waals surface area contributed by atoms with Gasteiger partial charge in [-0.25, -0.2) is 4.79 Å². The number of para-hydroxylation sites is 1. The zero-order valence-corrected chi connectivity index (χ0v) is 17.0. The average Bonchev–Trinajstić information content (AvgIpc) is 2.84. The zero-order chi connectivity index (χ0) is 23.4. The monoisotopic (exact) mass is 444 g/mol. The molecule has 33 heavy (non-hydrogen) atoms. The normalized spacial score (nSPS) is 10.5. The van der Waals surface area contributed by atoms with Gasteiger partial charge in [0.1, 0.15) is 0 Å². The second-order valence-electron chi connectivity index (χ2n) is 6.87. The number of fused-ring (bicyclic) bond motifs is 1. The fourth-order valence-electron chi connectivity index (χ4n) is 3.15. The summed E-state index contributed by atoms with van der Waals surface area (Å²) in [6, 6.07) is 20.3. The number of hydrogen-bond donors (Lipinski definition) is 1. The summed E-state index contributed by atoms with van der Waals surface area (Å²) in [5.74, 6) is -1.52. The smallest absolute Gasteiger partial charge is 0.359 e. The Balaban J connectivity index is 1.55. The van der Waals surface area contributed by atoms with E-state index in [1.165, 1.54) is 24.3 Å². The van der Waals surface area contributed by atoms with Crippen LogP contribution in [0.25, 0.3) is 16.5 Å². The molecule has 10 heteroatoms. The Morgan fingerprint density at radius 2 is 1.58 bits per heavy atom. The molecular formula is C23H16N4O6. The molecule has 0 atom stereocenters. The van der Waals surface area contributed by atoms with E-state index in [-0.39, 0.29) is 16.8 Å². The summed E-state index contributed by atoms with van der Waals surface area (Å²) in [5, 5.41) is 18.0. The molecule has 1 amide bonds. The lowest BCUT2D eigenvalue weighted by molar-refractivity contribution is -0.384. The van der Waals surface area contributed by atoms with Gasteiger partial charge in [0.15, 0.2) is 12.3 Å². The molecule has 0 aliphatic carbocycles. The SMILES string of the molecule is O=C(COC(=O)c1nn(-c2ccccc2)c(=O)c2ccccc12)Nc1ccc([N+](=O)[O-])cc1. The van der Waals surface area contributed by atoms with E-state index in [0.717, 1.165) is 4.68 Å². The largest absolute Gasteiger partial charge is 0.451 e. The number of nitro benzene ring substituents is 1. The van der Waals surface area contributed by atoms with Crippen molar-refractivity contribution in [1.29, 1.82) is 0 Å². The van der Waals surface area contributed by atoms with Crippen molar-refractivity contribution in [3.05, 3.63) is 105 Å². The van der Waals surface area contributed by atoms with Gasteiger partial charge < -0.3 is 10.1 Å². The lowest BCUT2D eigenvalue weighted by atomic mass is 10.1. The summed E-state index contributed by atoms with van der Waals surface area (Å²) in [7, 11) is 0. The second-order valence-corrected chi connectivity index (χ2v) is 6.87. The molecule has 0 aliphatic heterocycles. The molecule has 1 aromatic heterocycles. The van der Waals surface area contributed by atoms with E-state index in [1.54, 1.807) is 54.6 Å². The molecule has 0 saturated carbocycles. The Morgan fingerprint density at radius 3 is 2.24 bits per heavy atom. The lowest BCUT2D eigenvalue weighted by Crippen LogP contribution is -2.26. The van der Waals surface area contributed by atoms with Crippen LogP contribution in [-0.4, -0.2) is 33.2 Å². The van der Waals surface area contributed by atoms with Gasteiger partial charge in [-0.2, -0.15) is 9.78 Å². The summed E-state index contributed by atoms with van der Waals surface area (Å²) in [4.78, 5) is 48.0. The Hall–Kier alpha value is -4.86. The average molecular weight is 444 g/mol. The van der Waals surface area contributed by atoms with Crippen molar-refractivity contribution in [2.45, 2.75) is 0 Å². The number of carbonyl (C=O) groups is 2. The van der Waals surface area contributed by atoms with Gasteiger partial charge in [-0.15, -0.1) is 0 Å². The van der Waals surface area contributed by atoms with Gasteiger partial charge in [0.05, 0.1) is 16.0 Å². The number of esters is 1. The Labute approximate surface area is 186 Å². The van der Waals surface area contributed by atoms with Crippen LogP contribution in [0.5, 0.6) is 0 Å². The Bertz CT molecular complexity index is 1410. The molecule has 3 aromatic carbocycles. The van der Waals surface area contributed by atoms with Crippen molar-refractivity contribution in [3.63, 3.8) is 0 Å². The molecule has 4 rings (SSSR count). The van der Waals surface area contributed by atoms with Crippen molar-refractivity contribution >= 4 is 34.0 Å². The first kappa shape index (κ1) is 21.4. The fraction of sp³-hybridized carbons (Fsp3) is 0.0435. The summed E-state index contributed by atoms with van der Waals surface area (Å²) in [5.41, 5.74) is 0.147. The number of nitrogens with one attached hydrogen (secondary N) is 1. The number of nitro groups is 1. The van der Waals surface area contributed by atoms with E-state index < -0.39 is 29.0 Å². The zero-order valence-electron chi connectivity index (χ0n) is 17.0. The number of rotatable bonds is 6. The van der Waals surface area contributed by atoms with Crippen LogP contribution >= 0.6 is 0 Å². The maximum absolute atomic E-state index is 12.9. The quantitative estimate of drug-likeness (QED) is 0.274. The van der Waals surface area contributed by atoms with Gasteiger partial charge >= 0.3 is 5.97 Å². The number of aromatic nitrogens is 2. The molecule has 10 nitrogen and oxygen atoms in total. The van der Waals surface area contributed by atoms with Crippen LogP contribution in [-0.2, 0) is 9.53 Å². The first-order valence-corrected chi connectivity index (χ1v) is 9.73. The maximum atomic E-state index is 12.9. The van der Waals surface area contributed by atoms with Gasteiger partial charge in [0.25, 0.3) is 17.2 Å². The number of ether oxygens (including phenoxy) is 1. The van der Waals surface area contributed by atoms with Crippen molar-refractivity contribution in [2.75, 3.05) is 11.9 Å². The molecule has 0 spiro atoms. The third-order valence-corrected chi connectivity index (χ3v) is 4.70. The maximum Gasteiger partial charge on any atom is 0.359 e. The number of benzene rings is 3. The number of amides is 1. The van der Waals surface area contributed by atoms with Gasteiger partial charge in [-0.3, -0.25) is 19.7 Å². The van der Waals surface area contributed by atoms with Gasteiger partial charge in [-0.05, 0) is 30.3 Å². The molecule has 0 aliphatic rings. The Morgan fingerprint density at radius 1 is 0.939 bits per heavy atom. The predicted molar refractivity (Wildman–Crippen MR) is 119 cm³/mol. The molecule has 0 radical (unpaired) electrons. The minimum atomic E-state index is -0.880. The minimum absolute atomic E-state index is 0.114. The minimum Gasteiger partial charge on any atom is -0.451 e. The Kier molecular flexibility index (Phi) is 5.90. The first-order valence-electron chi connectivity index (χ1n) is 9.73. The van der Waals surface area contributed by atoms with Crippen molar-refractivity contribution in [2.24, 2.45) is 0 Å². The number of non-ortho nitro benzene ring substituents is 1.